The second-order valence-electron chi connectivity index (χ2n) is 7.82. The molecule has 0 aliphatic heterocycles. The van der Waals surface area contributed by atoms with E-state index in [2.05, 4.69) is 11.9 Å². The van der Waals surface area contributed by atoms with Crippen molar-refractivity contribution in [3.05, 3.63) is 0 Å². The molecule has 0 spiro atoms. The van der Waals surface area contributed by atoms with Gasteiger partial charge in [-0.2, -0.15) is 0 Å². The van der Waals surface area contributed by atoms with E-state index in [0.717, 1.165) is 6.42 Å². The first-order valence-corrected chi connectivity index (χ1v) is 11.9. The topological polar surface area (TPSA) is 87.0 Å². The summed E-state index contributed by atoms with van der Waals surface area (Å²) in [6, 6.07) is 0. The van der Waals surface area contributed by atoms with Crippen LogP contribution in [0.5, 0.6) is 0 Å². The van der Waals surface area contributed by atoms with Crippen LogP contribution in [-0.4, -0.2) is 64.0 Å². The Morgan fingerprint density at radius 2 is 0.933 bits per heavy atom. The molecule has 0 aromatic carbocycles. The molecule has 6 heteroatoms. The summed E-state index contributed by atoms with van der Waals surface area (Å²) < 4.78 is 0. The fourth-order valence-corrected chi connectivity index (χ4v) is 2.97. The first-order chi connectivity index (χ1) is 14.0. The fourth-order valence-electron chi connectivity index (χ4n) is 2.97. The number of nitrogens with zero attached hydrogens (tertiary/aromatic N) is 1. The van der Waals surface area contributed by atoms with Gasteiger partial charge in [0.05, 0.1) is 0 Å². The minimum atomic E-state index is -0.897. The Balaban J connectivity index is -0.00000108. The fraction of sp³-hybridized carbons (Fsp3) is 0.875. The third kappa shape index (κ3) is 32.3. The monoisotopic (exact) mass is 437 g/mol. The van der Waals surface area contributed by atoms with Crippen molar-refractivity contribution in [3.63, 3.8) is 0 Å². The van der Waals surface area contributed by atoms with Crippen LogP contribution in [-0.2, 0) is 9.59 Å². The molecule has 0 amide bonds. The van der Waals surface area contributed by atoms with Crippen molar-refractivity contribution in [2.45, 2.75) is 130 Å². The summed E-state index contributed by atoms with van der Waals surface area (Å²) in [4.78, 5) is 24.0. The zero-order valence-corrected chi connectivity index (χ0v) is 19.4. The number of hydrogen-bond donors (Lipinski definition) is 2. The van der Waals surface area contributed by atoms with Crippen LogP contribution in [0.1, 0.15) is 130 Å². The molecule has 5 nitrogen and oxygen atoms in total. The Hall–Kier alpha value is -0.390. The van der Waals surface area contributed by atoms with Gasteiger partial charge in [0, 0.05) is 13.0 Å². The number of aliphatic imine (C=N–C) groups is 1. The Kier molecular flexibility index (Phi) is 32.6. The summed E-state index contributed by atoms with van der Waals surface area (Å²) in [5.41, 5.74) is 0.232. The van der Waals surface area contributed by atoms with Crippen LogP contribution in [0.15, 0.2) is 4.99 Å². The minimum absolute atomic E-state index is 0. The number of carbonyl (C=O) groups is 2. The maximum absolute atomic E-state index is 10.6. The van der Waals surface area contributed by atoms with Crippen LogP contribution in [0.2, 0.25) is 0 Å². The van der Waals surface area contributed by atoms with E-state index in [4.69, 9.17) is 10.2 Å². The molecule has 30 heavy (non-hydrogen) atoms. The summed E-state index contributed by atoms with van der Waals surface area (Å²) in [5, 5.41) is 16.4. The molecule has 0 heterocycles. The molecule has 0 atom stereocenters. The standard InChI is InChI=1S/C21H41NO2.C3H6O2.Na.H/c1-3-4-5-6-7-8-9-10-11-12-13-14-15-16-17-18-19-22-20(2)21(23)24;1-2-3(4)5;;/h3-19H2,1-2H3,(H,23,24);2H2,1H3,(H,4,5);;. The van der Waals surface area contributed by atoms with E-state index in [-0.39, 0.29) is 41.7 Å². The predicted molar refractivity (Wildman–Crippen MR) is 130 cm³/mol. The van der Waals surface area contributed by atoms with Crippen LogP contribution < -0.4 is 0 Å². The number of aliphatic carboxylic acids is 2. The second kappa shape index (κ2) is 28.6. The van der Waals surface area contributed by atoms with Gasteiger partial charge in [0.1, 0.15) is 5.71 Å². The van der Waals surface area contributed by atoms with Crippen molar-refractivity contribution in [2.24, 2.45) is 4.99 Å². The van der Waals surface area contributed by atoms with Crippen molar-refractivity contribution < 1.29 is 19.8 Å². The van der Waals surface area contributed by atoms with Gasteiger partial charge in [-0.15, -0.1) is 0 Å². The predicted octanol–water partition coefficient (Wildman–Crippen LogP) is 6.63. The van der Waals surface area contributed by atoms with Crippen molar-refractivity contribution in [3.8, 4) is 0 Å². The molecule has 0 aromatic rings. The van der Waals surface area contributed by atoms with Gasteiger partial charge >= 0.3 is 41.5 Å². The summed E-state index contributed by atoms with van der Waals surface area (Å²) in [7, 11) is 0. The molecule has 0 saturated carbocycles. The Labute approximate surface area is 207 Å². The van der Waals surface area contributed by atoms with E-state index in [1.165, 1.54) is 96.3 Å². The molecular formula is C24H48NNaO4. The summed E-state index contributed by atoms with van der Waals surface area (Å²) in [5.74, 6) is -1.64. The Morgan fingerprint density at radius 1 is 0.633 bits per heavy atom. The second-order valence-corrected chi connectivity index (χ2v) is 7.82. The van der Waals surface area contributed by atoms with Gasteiger partial charge in [-0.3, -0.25) is 9.79 Å². The number of carboxylic acids is 2. The third-order valence-electron chi connectivity index (χ3n) is 4.97. The van der Waals surface area contributed by atoms with Gasteiger partial charge in [0.15, 0.2) is 0 Å². The van der Waals surface area contributed by atoms with Crippen LogP contribution >= 0.6 is 0 Å². The molecule has 0 saturated heterocycles. The molecule has 0 aliphatic carbocycles. The first kappa shape index (κ1) is 34.2. The van der Waals surface area contributed by atoms with E-state index < -0.39 is 11.9 Å². The summed E-state index contributed by atoms with van der Waals surface area (Å²) in [6.07, 6.45) is 21.9. The molecule has 2 N–H and O–H groups in total. The molecule has 0 aliphatic rings. The average Bonchev–Trinajstić information content (AvgIpc) is 2.70. The quantitative estimate of drug-likeness (QED) is 0.135. The van der Waals surface area contributed by atoms with E-state index in [1.54, 1.807) is 13.8 Å². The Bertz CT molecular complexity index is 414. The van der Waals surface area contributed by atoms with Gasteiger partial charge in [0.25, 0.3) is 0 Å². The average molecular weight is 438 g/mol. The van der Waals surface area contributed by atoms with Crippen LogP contribution in [0.25, 0.3) is 0 Å². The first-order valence-electron chi connectivity index (χ1n) is 11.9. The van der Waals surface area contributed by atoms with E-state index in [9.17, 15) is 9.59 Å². The van der Waals surface area contributed by atoms with Gasteiger partial charge in [-0.25, -0.2) is 4.79 Å². The van der Waals surface area contributed by atoms with Gasteiger partial charge in [-0.1, -0.05) is 110 Å². The third-order valence-corrected chi connectivity index (χ3v) is 4.97. The number of carboxylic acid groups (broad SMARTS) is 2. The molecule has 174 valence electrons. The van der Waals surface area contributed by atoms with Crippen molar-refractivity contribution >= 4 is 47.2 Å². The zero-order chi connectivity index (χ0) is 22.2. The number of hydrogen-bond acceptors (Lipinski definition) is 3. The molecule has 0 rings (SSSR count). The van der Waals surface area contributed by atoms with Gasteiger partial charge in [-0.05, 0) is 13.3 Å². The SMILES string of the molecule is CCC(=O)O.CCCCCCCCCCCCCCCCCCN=C(C)C(=O)O.[NaH]. The molecule has 0 fully saturated rings. The molecule has 0 bridgehead atoms. The number of rotatable bonds is 19. The van der Waals surface area contributed by atoms with Crippen molar-refractivity contribution in [1.29, 1.82) is 0 Å². The maximum atomic E-state index is 10.6. The normalized spacial score (nSPS) is 10.7. The van der Waals surface area contributed by atoms with Crippen LogP contribution in [0.4, 0.5) is 0 Å². The Morgan fingerprint density at radius 3 is 1.20 bits per heavy atom. The summed E-state index contributed by atoms with van der Waals surface area (Å²) in [6.45, 7) is 6.10. The summed E-state index contributed by atoms with van der Waals surface area (Å²) >= 11 is 0. The zero-order valence-electron chi connectivity index (χ0n) is 19.4. The van der Waals surface area contributed by atoms with Crippen LogP contribution in [0.3, 0.4) is 0 Å². The van der Waals surface area contributed by atoms with Gasteiger partial charge < -0.3 is 10.2 Å². The van der Waals surface area contributed by atoms with Crippen molar-refractivity contribution in [1.82, 2.24) is 0 Å². The molecule has 0 radical (unpaired) electrons. The van der Waals surface area contributed by atoms with Gasteiger partial charge in [0.2, 0.25) is 0 Å². The number of unbranched alkanes of at least 4 members (excludes halogenated alkanes) is 15. The molecule has 0 unspecified atom stereocenters. The molecular weight excluding hydrogens is 389 g/mol. The van der Waals surface area contributed by atoms with Crippen molar-refractivity contribution in [2.75, 3.05) is 6.54 Å². The van der Waals surface area contributed by atoms with Crippen LogP contribution in [0, 0.1) is 0 Å². The van der Waals surface area contributed by atoms with E-state index in [0.29, 0.717) is 6.54 Å². The van der Waals surface area contributed by atoms with E-state index >= 15 is 0 Å². The molecule has 0 aromatic heterocycles. The van der Waals surface area contributed by atoms with E-state index in [1.807, 2.05) is 0 Å².